The van der Waals surface area contributed by atoms with Crippen LogP contribution in [0.25, 0.3) is 0 Å². The van der Waals surface area contributed by atoms with Gasteiger partial charge in [-0.2, -0.15) is 0 Å². The van der Waals surface area contributed by atoms with Crippen molar-refractivity contribution in [2.24, 2.45) is 0 Å². The zero-order valence-corrected chi connectivity index (χ0v) is 11.0. The van der Waals surface area contributed by atoms with Crippen LogP contribution in [0.15, 0.2) is 67.3 Å². The predicted molar refractivity (Wildman–Crippen MR) is 77.3 cm³/mol. The maximum Gasteiger partial charge on any atom is 0.118 e. The van der Waals surface area contributed by atoms with Crippen LogP contribution in [0.3, 0.4) is 0 Å². The Bertz CT molecular complexity index is 517. The van der Waals surface area contributed by atoms with E-state index in [-0.39, 0.29) is 5.92 Å². The molecular weight excluding hydrogens is 236 g/mol. The molecule has 0 aliphatic carbocycles. The predicted octanol–water partition coefficient (Wildman–Crippen LogP) is 3.70. The molecule has 2 atom stereocenters. The third-order valence-electron chi connectivity index (χ3n) is 3.24. The number of aliphatic hydroxyl groups excluding tert-OH is 1. The van der Waals surface area contributed by atoms with Crippen LogP contribution in [0, 0.1) is 0 Å². The lowest BCUT2D eigenvalue weighted by molar-refractivity contribution is 0.162. The number of benzene rings is 2. The topological polar surface area (TPSA) is 29.5 Å². The quantitative estimate of drug-likeness (QED) is 0.824. The van der Waals surface area contributed by atoms with Gasteiger partial charge in [-0.15, -0.1) is 6.58 Å². The molecule has 0 saturated heterocycles. The Morgan fingerprint density at radius 3 is 2.16 bits per heavy atom. The molecule has 0 heterocycles. The summed E-state index contributed by atoms with van der Waals surface area (Å²) in [6.07, 6.45) is 1.18. The van der Waals surface area contributed by atoms with E-state index in [0.717, 1.165) is 16.9 Å². The number of hydrogen-bond donors (Lipinski definition) is 1. The fraction of sp³-hybridized carbons (Fsp3) is 0.176. The Hall–Kier alpha value is -2.06. The molecule has 0 saturated carbocycles. The standard InChI is InChI=1S/C17H18O2/c1-3-16(13-7-5-4-6-8-13)17(18)14-9-11-15(19-2)12-10-14/h3-12,16-18H,1H2,2H3. The summed E-state index contributed by atoms with van der Waals surface area (Å²) in [5, 5.41) is 10.5. The average molecular weight is 254 g/mol. The molecule has 1 N–H and O–H groups in total. The maximum absolute atomic E-state index is 10.5. The second-order valence-corrected chi connectivity index (χ2v) is 4.39. The Labute approximate surface area is 114 Å². The van der Waals surface area contributed by atoms with Crippen molar-refractivity contribution >= 4 is 0 Å². The minimum atomic E-state index is -0.606. The summed E-state index contributed by atoms with van der Waals surface area (Å²) < 4.78 is 5.12. The molecule has 2 rings (SSSR count). The fourth-order valence-corrected chi connectivity index (χ4v) is 2.13. The summed E-state index contributed by atoms with van der Waals surface area (Å²) in [5.74, 6) is 0.667. The van der Waals surface area contributed by atoms with E-state index >= 15 is 0 Å². The van der Waals surface area contributed by atoms with E-state index in [4.69, 9.17) is 4.74 Å². The Morgan fingerprint density at radius 2 is 1.63 bits per heavy atom. The first-order chi connectivity index (χ1) is 9.26. The minimum absolute atomic E-state index is 0.116. The summed E-state index contributed by atoms with van der Waals surface area (Å²) in [5.41, 5.74) is 1.91. The molecule has 2 aromatic carbocycles. The van der Waals surface area contributed by atoms with Crippen LogP contribution in [0.5, 0.6) is 5.75 Å². The molecule has 0 spiro atoms. The first-order valence-corrected chi connectivity index (χ1v) is 6.25. The van der Waals surface area contributed by atoms with Crippen LogP contribution < -0.4 is 4.74 Å². The summed E-state index contributed by atoms with van der Waals surface area (Å²) in [7, 11) is 1.63. The lowest BCUT2D eigenvalue weighted by Crippen LogP contribution is -2.08. The molecule has 0 bridgehead atoms. The zero-order chi connectivity index (χ0) is 13.7. The van der Waals surface area contributed by atoms with Crippen LogP contribution in [0.4, 0.5) is 0 Å². The van der Waals surface area contributed by atoms with E-state index in [2.05, 4.69) is 6.58 Å². The molecule has 2 heteroatoms. The highest BCUT2D eigenvalue weighted by Gasteiger charge is 2.19. The van der Waals surface area contributed by atoms with Crippen molar-refractivity contribution in [3.8, 4) is 5.75 Å². The van der Waals surface area contributed by atoms with Crippen molar-refractivity contribution in [1.82, 2.24) is 0 Å². The molecule has 0 radical (unpaired) electrons. The fourth-order valence-electron chi connectivity index (χ4n) is 2.13. The Morgan fingerprint density at radius 1 is 1.00 bits per heavy atom. The molecule has 0 amide bonds. The van der Waals surface area contributed by atoms with E-state index in [1.54, 1.807) is 13.2 Å². The second-order valence-electron chi connectivity index (χ2n) is 4.39. The van der Waals surface area contributed by atoms with E-state index in [1.807, 2.05) is 54.6 Å². The highest BCUT2D eigenvalue weighted by molar-refractivity contribution is 5.33. The van der Waals surface area contributed by atoms with Gasteiger partial charge in [-0.25, -0.2) is 0 Å². The summed E-state index contributed by atoms with van der Waals surface area (Å²) in [4.78, 5) is 0. The molecular formula is C17H18O2. The molecule has 0 aromatic heterocycles. The lowest BCUT2D eigenvalue weighted by Gasteiger charge is -2.20. The van der Waals surface area contributed by atoms with Gasteiger partial charge in [-0.05, 0) is 23.3 Å². The Kier molecular flexibility index (Phi) is 4.37. The van der Waals surface area contributed by atoms with Gasteiger partial charge in [-0.1, -0.05) is 48.5 Å². The van der Waals surface area contributed by atoms with E-state index < -0.39 is 6.10 Å². The van der Waals surface area contributed by atoms with Crippen LogP contribution in [-0.4, -0.2) is 12.2 Å². The van der Waals surface area contributed by atoms with Gasteiger partial charge in [-0.3, -0.25) is 0 Å². The Balaban J connectivity index is 2.25. The molecule has 19 heavy (non-hydrogen) atoms. The van der Waals surface area contributed by atoms with Gasteiger partial charge in [0, 0.05) is 5.92 Å². The lowest BCUT2D eigenvalue weighted by atomic mass is 9.89. The maximum atomic E-state index is 10.5. The number of aliphatic hydroxyl groups is 1. The SMILES string of the molecule is C=CC(c1ccccc1)C(O)c1ccc(OC)cc1. The van der Waals surface area contributed by atoms with Crippen molar-refractivity contribution in [3.63, 3.8) is 0 Å². The van der Waals surface area contributed by atoms with E-state index in [9.17, 15) is 5.11 Å². The van der Waals surface area contributed by atoms with Gasteiger partial charge in [0.1, 0.15) is 5.75 Å². The van der Waals surface area contributed by atoms with Gasteiger partial charge in [0.25, 0.3) is 0 Å². The first kappa shape index (κ1) is 13.4. The van der Waals surface area contributed by atoms with Gasteiger partial charge in [0.15, 0.2) is 0 Å². The largest absolute Gasteiger partial charge is 0.497 e. The molecule has 2 aromatic rings. The van der Waals surface area contributed by atoms with Crippen molar-refractivity contribution < 1.29 is 9.84 Å². The molecule has 0 aliphatic rings. The third-order valence-corrected chi connectivity index (χ3v) is 3.24. The molecule has 2 nitrogen and oxygen atoms in total. The van der Waals surface area contributed by atoms with Gasteiger partial charge in [0.2, 0.25) is 0 Å². The number of methoxy groups -OCH3 is 1. The number of ether oxygens (including phenoxy) is 1. The number of hydrogen-bond acceptors (Lipinski definition) is 2. The normalized spacial score (nSPS) is 13.6. The first-order valence-electron chi connectivity index (χ1n) is 6.25. The van der Waals surface area contributed by atoms with Crippen molar-refractivity contribution in [1.29, 1.82) is 0 Å². The number of rotatable bonds is 5. The van der Waals surface area contributed by atoms with Gasteiger partial charge < -0.3 is 9.84 Å². The van der Waals surface area contributed by atoms with Crippen LogP contribution in [0.2, 0.25) is 0 Å². The van der Waals surface area contributed by atoms with E-state index in [0.29, 0.717) is 0 Å². The molecule has 0 fully saturated rings. The average Bonchev–Trinajstić information content (AvgIpc) is 2.49. The highest BCUT2D eigenvalue weighted by atomic mass is 16.5. The van der Waals surface area contributed by atoms with Crippen molar-refractivity contribution in [2.75, 3.05) is 7.11 Å². The summed E-state index contributed by atoms with van der Waals surface area (Å²) >= 11 is 0. The van der Waals surface area contributed by atoms with Crippen LogP contribution >= 0.6 is 0 Å². The highest BCUT2D eigenvalue weighted by Crippen LogP contribution is 2.32. The zero-order valence-electron chi connectivity index (χ0n) is 11.0. The summed E-state index contributed by atoms with van der Waals surface area (Å²) in [6.45, 7) is 3.83. The van der Waals surface area contributed by atoms with Gasteiger partial charge in [0.05, 0.1) is 13.2 Å². The third kappa shape index (κ3) is 3.04. The molecule has 2 unspecified atom stereocenters. The van der Waals surface area contributed by atoms with Crippen molar-refractivity contribution in [2.45, 2.75) is 12.0 Å². The minimum Gasteiger partial charge on any atom is -0.497 e. The van der Waals surface area contributed by atoms with Crippen LogP contribution in [0.1, 0.15) is 23.1 Å². The molecule has 98 valence electrons. The van der Waals surface area contributed by atoms with Crippen LogP contribution in [-0.2, 0) is 0 Å². The van der Waals surface area contributed by atoms with E-state index in [1.165, 1.54) is 0 Å². The monoisotopic (exact) mass is 254 g/mol. The summed E-state index contributed by atoms with van der Waals surface area (Å²) in [6, 6.07) is 17.3. The smallest absolute Gasteiger partial charge is 0.118 e. The molecule has 0 aliphatic heterocycles. The van der Waals surface area contributed by atoms with Gasteiger partial charge >= 0.3 is 0 Å². The van der Waals surface area contributed by atoms with Crippen molar-refractivity contribution in [3.05, 3.63) is 78.4 Å². The second kappa shape index (κ2) is 6.21.